The molecule has 0 bridgehead atoms. The summed E-state index contributed by atoms with van der Waals surface area (Å²) >= 11 is 0. The maximum absolute atomic E-state index is 5.31. The van der Waals surface area contributed by atoms with E-state index in [9.17, 15) is 0 Å². The van der Waals surface area contributed by atoms with E-state index >= 15 is 0 Å². The second-order valence-electron chi connectivity index (χ2n) is 14.7. The van der Waals surface area contributed by atoms with Crippen molar-refractivity contribution in [2.75, 3.05) is 0 Å². The molecule has 3 heterocycles. The molecular weight excluding hydrogens is 883 g/mol. The molecule has 0 N–H and O–H groups in total. The Labute approximate surface area is 355 Å². The molecule has 0 aliphatic carbocycles. The number of hydrogen-bond acceptors (Lipinski definition) is 3. The molecule has 1 unspecified atom stereocenters. The van der Waals surface area contributed by atoms with Gasteiger partial charge in [0.1, 0.15) is 0 Å². The predicted octanol–water partition coefficient (Wildman–Crippen LogP) is 12.8. The Morgan fingerprint density at radius 1 is 0.431 bits per heavy atom. The van der Waals surface area contributed by atoms with Crippen LogP contribution in [0.25, 0.3) is 44.3 Å². The summed E-state index contributed by atoms with van der Waals surface area (Å²) in [6, 6.07) is 74.6. The van der Waals surface area contributed by atoms with Crippen molar-refractivity contribution >= 4 is 10.8 Å². The molecule has 58 heavy (non-hydrogen) atoms. The van der Waals surface area contributed by atoms with Crippen molar-refractivity contribution in [3.05, 3.63) is 247 Å². The van der Waals surface area contributed by atoms with Gasteiger partial charge in [-0.05, 0) is 70.4 Å². The summed E-state index contributed by atoms with van der Waals surface area (Å²) in [5.41, 5.74) is 10.8. The summed E-state index contributed by atoms with van der Waals surface area (Å²) in [4.78, 5) is 14.6. The molecule has 0 aliphatic heterocycles. The van der Waals surface area contributed by atoms with Gasteiger partial charge in [-0.2, -0.15) is 60.2 Å². The fourth-order valence-corrected chi connectivity index (χ4v) is 7.34. The van der Waals surface area contributed by atoms with Gasteiger partial charge >= 0.3 is 20.1 Å². The maximum atomic E-state index is 5.31. The van der Waals surface area contributed by atoms with Crippen LogP contribution in [0.2, 0.25) is 0 Å². The monoisotopic (exact) mass is 925 g/mol. The van der Waals surface area contributed by atoms with Crippen molar-refractivity contribution in [2.24, 2.45) is 0 Å². The van der Waals surface area contributed by atoms with E-state index < -0.39 is 5.41 Å². The summed E-state index contributed by atoms with van der Waals surface area (Å²) < 4.78 is 0. The van der Waals surface area contributed by atoms with Crippen LogP contribution in [0.15, 0.2) is 200 Å². The molecule has 0 saturated carbocycles. The minimum absolute atomic E-state index is 0. The molecule has 0 radical (unpaired) electrons. The first-order chi connectivity index (χ1) is 27.9. The van der Waals surface area contributed by atoms with Crippen LogP contribution in [-0.4, -0.2) is 15.0 Å². The summed E-state index contributed by atoms with van der Waals surface area (Å²) in [7, 11) is 0. The van der Waals surface area contributed by atoms with Gasteiger partial charge in [0, 0.05) is 23.5 Å². The van der Waals surface area contributed by atoms with Crippen LogP contribution in [0, 0.1) is 18.2 Å². The van der Waals surface area contributed by atoms with Gasteiger partial charge in [0.2, 0.25) is 0 Å². The Bertz CT molecular complexity index is 2690. The van der Waals surface area contributed by atoms with Crippen molar-refractivity contribution < 1.29 is 20.1 Å². The molecule has 0 amide bonds. The number of fused-ring (bicyclic) bond motifs is 1. The van der Waals surface area contributed by atoms with E-state index in [1.807, 2.05) is 91.3 Å². The molecule has 9 rings (SSSR count). The summed E-state index contributed by atoms with van der Waals surface area (Å²) in [6.45, 7) is 6.61. The average molecular weight is 925 g/mol. The van der Waals surface area contributed by atoms with Crippen LogP contribution in [0.4, 0.5) is 0 Å². The molecule has 9 aromatic rings. The van der Waals surface area contributed by atoms with Gasteiger partial charge in [-0.15, -0.1) is 47.0 Å². The Balaban J connectivity index is 0.000000251. The van der Waals surface area contributed by atoms with E-state index in [1.165, 1.54) is 21.9 Å². The largest absolute Gasteiger partial charge is 3.00 e. The van der Waals surface area contributed by atoms with Crippen molar-refractivity contribution in [3.63, 3.8) is 0 Å². The van der Waals surface area contributed by atoms with Crippen LogP contribution in [0.1, 0.15) is 49.0 Å². The third-order valence-electron chi connectivity index (χ3n) is 10.8. The molecule has 6 aromatic carbocycles. The number of nitrogens with zero attached hydrogens (tertiary/aromatic N) is 3. The fraction of sp³-hybridized carbons (Fsp3) is 0.0926. The summed E-state index contributed by atoms with van der Waals surface area (Å²) in [6.07, 6.45) is 3.70. The van der Waals surface area contributed by atoms with Gasteiger partial charge in [0.25, 0.3) is 0 Å². The molecular formula is C54H42IrN3. The normalized spacial score (nSPS) is 12.1. The third kappa shape index (κ3) is 8.36. The quantitative estimate of drug-likeness (QED) is 0.143. The topological polar surface area (TPSA) is 38.7 Å². The van der Waals surface area contributed by atoms with E-state index in [2.05, 4.69) is 153 Å². The van der Waals surface area contributed by atoms with Crippen molar-refractivity contribution in [1.82, 2.24) is 15.0 Å². The first-order valence-electron chi connectivity index (χ1n) is 19.3. The molecule has 1 atom stereocenters. The van der Waals surface area contributed by atoms with Gasteiger partial charge < -0.3 is 4.98 Å². The SMILES string of the molecule is CC(C)(c1[c-]cccc1)c1cccc(C(C)(c2[c-]ccc(-c3ccc(-c4ccccc4)cc3)c2)c2ccccn2)n1.[Ir+3].[c-]1ccccc1-c1nccc2ccccc12. The number of rotatable bonds is 8. The molecule has 3 aromatic heterocycles. The van der Waals surface area contributed by atoms with Crippen molar-refractivity contribution in [1.29, 1.82) is 0 Å². The number of aromatic nitrogens is 3. The maximum Gasteiger partial charge on any atom is 3.00 e. The minimum atomic E-state index is -0.617. The zero-order valence-electron chi connectivity index (χ0n) is 32.7. The third-order valence-corrected chi connectivity index (χ3v) is 10.8. The van der Waals surface area contributed by atoms with Crippen LogP contribution in [0.5, 0.6) is 0 Å². The number of hydrogen-bond donors (Lipinski definition) is 0. The van der Waals surface area contributed by atoms with Crippen LogP contribution < -0.4 is 0 Å². The molecule has 0 fully saturated rings. The Kier molecular flexibility index (Phi) is 12.3. The predicted molar refractivity (Wildman–Crippen MR) is 234 cm³/mol. The zero-order valence-corrected chi connectivity index (χ0v) is 35.1. The first kappa shape index (κ1) is 39.9. The standard InChI is InChI=1S/C39H32N2.C15H10N.Ir/c1-38(2,33-17-8-5-9-18-33)35-21-13-22-37(41-35)39(3,36-20-10-11-27-40-36)34-19-12-16-32(28-34)31-25-23-30(24-26-31)29-14-6-4-7-15-29;1-2-7-13(8-3-1)15-14-9-5-4-6-12(14)10-11-16-15;/h4-17,20-28H,1-3H3;1-7,9-11H;/q-2;-1;+3. The van der Waals surface area contributed by atoms with E-state index in [1.54, 1.807) is 0 Å². The molecule has 0 spiro atoms. The first-order valence-corrected chi connectivity index (χ1v) is 19.3. The summed E-state index contributed by atoms with van der Waals surface area (Å²) in [5.74, 6) is 0. The Morgan fingerprint density at radius 3 is 1.79 bits per heavy atom. The van der Waals surface area contributed by atoms with Crippen LogP contribution in [-0.2, 0) is 30.9 Å². The molecule has 0 aliphatic rings. The summed E-state index contributed by atoms with van der Waals surface area (Å²) in [5, 5.41) is 2.39. The Morgan fingerprint density at radius 2 is 1.07 bits per heavy atom. The second kappa shape index (κ2) is 17.9. The van der Waals surface area contributed by atoms with E-state index in [0.29, 0.717) is 0 Å². The fourth-order valence-electron chi connectivity index (χ4n) is 7.34. The second-order valence-corrected chi connectivity index (χ2v) is 14.7. The van der Waals surface area contributed by atoms with Crippen molar-refractivity contribution in [2.45, 2.75) is 31.6 Å². The molecule has 0 saturated heterocycles. The number of benzene rings is 6. The van der Waals surface area contributed by atoms with E-state index in [-0.39, 0.29) is 25.5 Å². The van der Waals surface area contributed by atoms with Gasteiger partial charge in [0.05, 0.1) is 16.8 Å². The minimum Gasteiger partial charge on any atom is -0.304 e. The average Bonchev–Trinajstić information content (AvgIpc) is 3.30. The van der Waals surface area contributed by atoms with Gasteiger partial charge in [0.15, 0.2) is 0 Å². The smallest absolute Gasteiger partial charge is 0.304 e. The van der Waals surface area contributed by atoms with Crippen LogP contribution in [0.3, 0.4) is 0 Å². The van der Waals surface area contributed by atoms with Crippen LogP contribution >= 0.6 is 0 Å². The van der Waals surface area contributed by atoms with E-state index in [4.69, 9.17) is 9.97 Å². The Hall–Kier alpha value is -6.32. The van der Waals surface area contributed by atoms with Gasteiger partial charge in [-0.1, -0.05) is 105 Å². The number of pyridine rings is 3. The van der Waals surface area contributed by atoms with Crippen molar-refractivity contribution in [3.8, 4) is 33.5 Å². The van der Waals surface area contributed by atoms with Gasteiger partial charge in [-0.25, -0.2) is 0 Å². The zero-order chi connectivity index (χ0) is 39.1. The molecule has 3 nitrogen and oxygen atoms in total. The molecule has 282 valence electrons. The van der Waals surface area contributed by atoms with E-state index in [0.717, 1.165) is 50.6 Å². The van der Waals surface area contributed by atoms with Gasteiger partial charge in [-0.3, -0.25) is 9.97 Å². The molecule has 4 heteroatoms.